The molecule has 1 aliphatic rings. The maximum Gasteiger partial charge on any atom is 0.239 e. The van der Waals surface area contributed by atoms with E-state index in [4.69, 9.17) is 0 Å². The molecule has 0 aromatic rings. The quantitative estimate of drug-likeness (QED) is 0.677. The zero-order chi connectivity index (χ0) is 10.1. The molecule has 0 bridgehead atoms. The Kier molecular flexibility index (Phi) is 2.96. The van der Waals surface area contributed by atoms with Gasteiger partial charge in [-0.3, -0.25) is 4.79 Å². The lowest BCUT2D eigenvalue weighted by Gasteiger charge is -2.22. The second kappa shape index (κ2) is 3.66. The van der Waals surface area contributed by atoms with Crippen LogP contribution in [0.1, 0.15) is 27.2 Å². The molecule has 2 N–H and O–H groups in total. The first-order chi connectivity index (χ1) is 5.97. The molecule has 1 saturated carbocycles. The summed E-state index contributed by atoms with van der Waals surface area (Å²) in [4.78, 5) is 11.6. The normalized spacial score (nSPS) is 27.1. The van der Waals surface area contributed by atoms with Gasteiger partial charge in [0.1, 0.15) is 0 Å². The van der Waals surface area contributed by atoms with Gasteiger partial charge in [0, 0.05) is 6.54 Å². The van der Waals surface area contributed by atoms with Gasteiger partial charge in [-0.2, -0.15) is 0 Å². The summed E-state index contributed by atoms with van der Waals surface area (Å²) in [6.07, 6.45) is 1.26. The molecule has 0 saturated heterocycles. The van der Waals surface area contributed by atoms with Gasteiger partial charge in [0.05, 0.1) is 5.54 Å². The van der Waals surface area contributed by atoms with Crippen molar-refractivity contribution < 1.29 is 4.79 Å². The van der Waals surface area contributed by atoms with Gasteiger partial charge in [-0.15, -0.1) is 0 Å². The number of amides is 1. The number of carbonyl (C=O) groups is 1. The van der Waals surface area contributed by atoms with Gasteiger partial charge in [0.25, 0.3) is 0 Å². The zero-order valence-corrected chi connectivity index (χ0v) is 8.98. The number of nitrogens with one attached hydrogen (secondary N) is 2. The van der Waals surface area contributed by atoms with Crippen LogP contribution in [-0.4, -0.2) is 25.0 Å². The molecule has 0 heterocycles. The van der Waals surface area contributed by atoms with E-state index >= 15 is 0 Å². The first-order valence-corrected chi connectivity index (χ1v) is 4.94. The molecule has 2 atom stereocenters. The van der Waals surface area contributed by atoms with Crippen molar-refractivity contribution in [3.63, 3.8) is 0 Å². The van der Waals surface area contributed by atoms with E-state index in [-0.39, 0.29) is 5.91 Å². The van der Waals surface area contributed by atoms with Gasteiger partial charge in [0.15, 0.2) is 0 Å². The number of likely N-dealkylation sites (N-methyl/N-ethyl adjacent to an activating group) is 1. The summed E-state index contributed by atoms with van der Waals surface area (Å²) >= 11 is 0. The third-order valence-electron chi connectivity index (χ3n) is 2.99. The summed E-state index contributed by atoms with van der Waals surface area (Å²) < 4.78 is 0. The highest BCUT2D eigenvalue weighted by atomic mass is 16.2. The smallest absolute Gasteiger partial charge is 0.239 e. The van der Waals surface area contributed by atoms with E-state index in [1.54, 1.807) is 7.05 Å². The van der Waals surface area contributed by atoms with Crippen LogP contribution in [0.25, 0.3) is 0 Å². The van der Waals surface area contributed by atoms with Crippen LogP contribution in [0.2, 0.25) is 0 Å². The SMILES string of the molecule is CNC(C)(C)C(=O)NCC1CC1C. The van der Waals surface area contributed by atoms with Crippen LogP contribution < -0.4 is 10.6 Å². The Hall–Kier alpha value is -0.570. The summed E-state index contributed by atoms with van der Waals surface area (Å²) in [5.74, 6) is 1.61. The lowest BCUT2D eigenvalue weighted by atomic mass is 10.1. The van der Waals surface area contributed by atoms with Crippen LogP contribution in [-0.2, 0) is 4.79 Å². The molecule has 3 heteroatoms. The minimum absolute atomic E-state index is 0.0918. The number of carbonyl (C=O) groups excluding carboxylic acids is 1. The fraction of sp³-hybridized carbons (Fsp3) is 0.900. The van der Waals surface area contributed by atoms with Gasteiger partial charge in [-0.1, -0.05) is 6.92 Å². The second-order valence-electron chi connectivity index (χ2n) is 4.56. The molecule has 13 heavy (non-hydrogen) atoms. The summed E-state index contributed by atoms with van der Waals surface area (Å²) in [5.41, 5.74) is -0.446. The van der Waals surface area contributed by atoms with Crippen LogP contribution in [0, 0.1) is 11.8 Å². The predicted molar refractivity (Wildman–Crippen MR) is 53.4 cm³/mol. The number of rotatable bonds is 4. The average molecular weight is 184 g/mol. The van der Waals surface area contributed by atoms with Crippen molar-refractivity contribution in [1.29, 1.82) is 0 Å². The molecule has 0 aliphatic heterocycles. The van der Waals surface area contributed by atoms with E-state index in [0.717, 1.165) is 18.4 Å². The number of hydrogen-bond donors (Lipinski definition) is 2. The fourth-order valence-electron chi connectivity index (χ4n) is 1.24. The van der Waals surface area contributed by atoms with E-state index < -0.39 is 5.54 Å². The molecule has 1 amide bonds. The maximum absolute atomic E-state index is 11.6. The molecule has 0 spiro atoms. The van der Waals surface area contributed by atoms with Crippen molar-refractivity contribution in [2.24, 2.45) is 11.8 Å². The Balaban J connectivity index is 2.24. The van der Waals surface area contributed by atoms with Crippen molar-refractivity contribution in [2.75, 3.05) is 13.6 Å². The topological polar surface area (TPSA) is 41.1 Å². The molecule has 1 rings (SSSR count). The third kappa shape index (κ3) is 2.69. The van der Waals surface area contributed by atoms with Crippen molar-refractivity contribution in [1.82, 2.24) is 10.6 Å². The highest BCUT2D eigenvalue weighted by Gasteiger charge is 2.34. The summed E-state index contributed by atoms with van der Waals surface area (Å²) in [5, 5.41) is 5.95. The molecule has 0 aromatic heterocycles. The molecular formula is C10H20N2O. The van der Waals surface area contributed by atoms with Crippen LogP contribution in [0.5, 0.6) is 0 Å². The largest absolute Gasteiger partial charge is 0.354 e. The Labute approximate surface area is 80.3 Å². The molecule has 3 nitrogen and oxygen atoms in total. The summed E-state index contributed by atoms with van der Waals surface area (Å²) in [6.45, 7) is 6.84. The van der Waals surface area contributed by atoms with E-state index in [1.165, 1.54) is 6.42 Å². The van der Waals surface area contributed by atoms with Crippen molar-refractivity contribution in [3.05, 3.63) is 0 Å². The molecule has 0 radical (unpaired) electrons. The van der Waals surface area contributed by atoms with Crippen molar-refractivity contribution >= 4 is 5.91 Å². The van der Waals surface area contributed by atoms with Crippen LogP contribution in [0.3, 0.4) is 0 Å². The third-order valence-corrected chi connectivity index (χ3v) is 2.99. The molecule has 0 aromatic carbocycles. The van der Waals surface area contributed by atoms with Crippen LogP contribution in [0.4, 0.5) is 0 Å². The molecule has 1 fully saturated rings. The van der Waals surface area contributed by atoms with Crippen LogP contribution >= 0.6 is 0 Å². The van der Waals surface area contributed by atoms with E-state index in [2.05, 4.69) is 17.6 Å². The first-order valence-electron chi connectivity index (χ1n) is 4.94. The Morgan fingerprint density at radius 1 is 1.54 bits per heavy atom. The van der Waals surface area contributed by atoms with Gasteiger partial charge in [-0.25, -0.2) is 0 Å². The van der Waals surface area contributed by atoms with Crippen molar-refractivity contribution in [3.8, 4) is 0 Å². The standard InChI is InChI=1S/C10H20N2O/c1-7-5-8(7)6-12-9(13)10(2,3)11-4/h7-8,11H,5-6H2,1-4H3,(H,12,13). The van der Waals surface area contributed by atoms with Crippen LogP contribution in [0.15, 0.2) is 0 Å². The van der Waals surface area contributed by atoms with Gasteiger partial charge in [0.2, 0.25) is 5.91 Å². The predicted octanol–water partition coefficient (Wildman–Crippen LogP) is 0.757. The summed E-state index contributed by atoms with van der Waals surface area (Å²) in [7, 11) is 1.80. The van der Waals surface area contributed by atoms with E-state index in [9.17, 15) is 4.79 Å². The van der Waals surface area contributed by atoms with E-state index in [0.29, 0.717) is 0 Å². The Morgan fingerprint density at radius 2 is 2.08 bits per heavy atom. The van der Waals surface area contributed by atoms with E-state index in [1.807, 2.05) is 13.8 Å². The Morgan fingerprint density at radius 3 is 2.46 bits per heavy atom. The minimum atomic E-state index is -0.446. The molecule has 76 valence electrons. The molecule has 1 aliphatic carbocycles. The Bertz CT molecular complexity index is 201. The summed E-state index contributed by atoms with van der Waals surface area (Å²) in [6, 6.07) is 0. The van der Waals surface area contributed by atoms with Gasteiger partial charge >= 0.3 is 0 Å². The molecule has 2 unspecified atom stereocenters. The minimum Gasteiger partial charge on any atom is -0.354 e. The second-order valence-corrected chi connectivity index (χ2v) is 4.56. The van der Waals surface area contributed by atoms with Gasteiger partial charge in [-0.05, 0) is 39.2 Å². The highest BCUT2D eigenvalue weighted by Crippen LogP contribution is 2.36. The number of hydrogen-bond acceptors (Lipinski definition) is 2. The zero-order valence-electron chi connectivity index (χ0n) is 8.98. The maximum atomic E-state index is 11.6. The lowest BCUT2D eigenvalue weighted by molar-refractivity contribution is -0.126. The first kappa shape index (κ1) is 10.5. The van der Waals surface area contributed by atoms with Gasteiger partial charge < -0.3 is 10.6 Å². The van der Waals surface area contributed by atoms with Crippen molar-refractivity contribution in [2.45, 2.75) is 32.7 Å². The monoisotopic (exact) mass is 184 g/mol. The molecular weight excluding hydrogens is 164 g/mol. The lowest BCUT2D eigenvalue weighted by Crippen LogP contribution is -2.51. The average Bonchev–Trinajstić information content (AvgIpc) is 2.77. The highest BCUT2D eigenvalue weighted by molar-refractivity contribution is 5.85. The fourth-order valence-corrected chi connectivity index (χ4v) is 1.24.